The van der Waals surface area contributed by atoms with Crippen LogP contribution in [0.4, 0.5) is 4.39 Å². The first-order chi connectivity index (χ1) is 7.35. The molecule has 0 fully saturated rings. The Balaban J connectivity index is 2.85. The van der Waals surface area contributed by atoms with Crippen molar-refractivity contribution in [3.8, 4) is 0 Å². The summed E-state index contributed by atoms with van der Waals surface area (Å²) in [5, 5.41) is 0. The molecule has 0 radical (unpaired) electrons. The molecular weight excluding hydrogens is 273 g/mol. The normalized spacial score (nSPS) is 14.6. The van der Waals surface area contributed by atoms with Gasteiger partial charge in [0.1, 0.15) is 5.82 Å². The highest BCUT2D eigenvalue weighted by molar-refractivity contribution is 9.10. The Morgan fingerprint density at radius 1 is 1.50 bits per heavy atom. The number of Topliss-reactive ketones (excluding diaryl/α,β-unsaturated/α-hetero) is 1. The van der Waals surface area contributed by atoms with E-state index in [-0.39, 0.29) is 18.0 Å². The SMILES string of the molecule is CCC(C)(N)C(=O)Cc1cc(F)cc(Br)c1. The minimum Gasteiger partial charge on any atom is -0.319 e. The molecule has 0 bridgehead atoms. The highest BCUT2D eigenvalue weighted by Gasteiger charge is 2.25. The molecule has 0 amide bonds. The second kappa shape index (κ2) is 5.06. The molecule has 1 aromatic carbocycles. The van der Waals surface area contributed by atoms with Gasteiger partial charge >= 0.3 is 0 Å². The summed E-state index contributed by atoms with van der Waals surface area (Å²) in [5.41, 5.74) is 5.63. The maximum atomic E-state index is 13.1. The van der Waals surface area contributed by atoms with Crippen LogP contribution in [0.25, 0.3) is 0 Å². The van der Waals surface area contributed by atoms with E-state index in [9.17, 15) is 9.18 Å². The third-order valence-corrected chi connectivity index (χ3v) is 3.12. The van der Waals surface area contributed by atoms with Crippen molar-refractivity contribution in [3.05, 3.63) is 34.1 Å². The zero-order valence-electron chi connectivity index (χ0n) is 9.39. The number of rotatable bonds is 4. The zero-order valence-corrected chi connectivity index (χ0v) is 11.0. The van der Waals surface area contributed by atoms with Crippen LogP contribution in [0, 0.1) is 5.82 Å². The summed E-state index contributed by atoms with van der Waals surface area (Å²) in [6.45, 7) is 3.56. The van der Waals surface area contributed by atoms with E-state index in [1.54, 1.807) is 13.0 Å². The quantitative estimate of drug-likeness (QED) is 0.925. The summed E-state index contributed by atoms with van der Waals surface area (Å²) >= 11 is 3.19. The Kier molecular flexibility index (Phi) is 4.21. The van der Waals surface area contributed by atoms with Gasteiger partial charge in [0.15, 0.2) is 5.78 Å². The first kappa shape index (κ1) is 13.3. The lowest BCUT2D eigenvalue weighted by Gasteiger charge is -2.20. The second-order valence-electron chi connectivity index (χ2n) is 4.15. The number of benzene rings is 1. The van der Waals surface area contributed by atoms with Crippen LogP contribution in [0.3, 0.4) is 0 Å². The molecule has 16 heavy (non-hydrogen) atoms. The van der Waals surface area contributed by atoms with Crippen molar-refractivity contribution in [3.63, 3.8) is 0 Å². The fraction of sp³-hybridized carbons (Fsp3) is 0.417. The number of nitrogens with two attached hydrogens (primary N) is 1. The third-order valence-electron chi connectivity index (χ3n) is 2.66. The standard InChI is InChI=1S/C12H15BrFNO/c1-3-12(2,15)11(16)6-8-4-9(13)7-10(14)5-8/h4-5,7H,3,6,15H2,1-2H3. The van der Waals surface area contributed by atoms with Crippen LogP contribution < -0.4 is 5.73 Å². The molecule has 4 heteroatoms. The van der Waals surface area contributed by atoms with Crippen LogP contribution in [-0.2, 0) is 11.2 Å². The minimum absolute atomic E-state index is 0.0764. The summed E-state index contributed by atoms with van der Waals surface area (Å²) in [7, 11) is 0. The van der Waals surface area contributed by atoms with Crippen molar-refractivity contribution < 1.29 is 9.18 Å². The van der Waals surface area contributed by atoms with E-state index in [1.807, 2.05) is 6.92 Å². The molecule has 1 rings (SSSR count). The molecule has 0 aromatic heterocycles. The molecule has 0 aliphatic heterocycles. The van der Waals surface area contributed by atoms with Crippen LogP contribution in [0.1, 0.15) is 25.8 Å². The van der Waals surface area contributed by atoms with E-state index in [2.05, 4.69) is 15.9 Å². The van der Waals surface area contributed by atoms with Crippen molar-refractivity contribution in [1.29, 1.82) is 0 Å². The van der Waals surface area contributed by atoms with Gasteiger partial charge in [-0.1, -0.05) is 22.9 Å². The van der Waals surface area contributed by atoms with Crippen LogP contribution in [-0.4, -0.2) is 11.3 Å². The summed E-state index contributed by atoms with van der Waals surface area (Å²) in [5.74, 6) is -0.431. The molecule has 2 N–H and O–H groups in total. The smallest absolute Gasteiger partial charge is 0.156 e. The molecule has 2 nitrogen and oxygen atoms in total. The summed E-state index contributed by atoms with van der Waals surface area (Å²) < 4.78 is 13.7. The van der Waals surface area contributed by atoms with Crippen molar-refractivity contribution in [2.75, 3.05) is 0 Å². The molecule has 0 heterocycles. The molecule has 0 saturated heterocycles. The molecule has 0 aliphatic rings. The largest absolute Gasteiger partial charge is 0.319 e. The van der Waals surface area contributed by atoms with Gasteiger partial charge in [-0.2, -0.15) is 0 Å². The maximum Gasteiger partial charge on any atom is 0.156 e. The van der Waals surface area contributed by atoms with Crippen molar-refractivity contribution in [2.24, 2.45) is 5.73 Å². The Hall–Kier alpha value is -0.740. The lowest BCUT2D eigenvalue weighted by molar-refractivity contribution is -0.123. The van der Waals surface area contributed by atoms with Crippen LogP contribution >= 0.6 is 15.9 Å². The Labute approximate surface area is 103 Å². The Bertz CT molecular complexity index is 384. The molecule has 1 unspecified atom stereocenters. The second-order valence-corrected chi connectivity index (χ2v) is 5.06. The minimum atomic E-state index is -0.835. The van der Waals surface area contributed by atoms with Gasteiger partial charge in [0, 0.05) is 10.9 Å². The maximum absolute atomic E-state index is 13.1. The van der Waals surface area contributed by atoms with Gasteiger partial charge in [-0.05, 0) is 37.1 Å². The van der Waals surface area contributed by atoms with Gasteiger partial charge < -0.3 is 5.73 Å². The zero-order chi connectivity index (χ0) is 12.3. The van der Waals surface area contributed by atoms with Crippen LogP contribution in [0.15, 0.2) is 22.7 Å². The van der Waals surface area contributed by atoms with Crippen molar-refractivity contribution in [2.45, 2.75) is 32.2 Å². The van der Waals surface area contributed by atoms with Gasteiger partial charge in [-0.3, -0.25) is 4.79 Å². The number of ketones is 1. The molecule has 1 atom stereocenters. The molecule has 1 aromatic rings. The van der Waals surface area contributed by atoms with E-state index in [4.69, 9.17) is 5.73 Å². The van der Waals surface area contributed by atoms with Crippen LogP contribution in [0.2, 0.25) is 0 Å². The lowest BCUT2D eigenvalue weighted by atomic mass is 9.90. The topological polar surface area (TPSA) is 43.1 Å². The van der Waals surface area contributed by atoms with E-state index in [0.29, 0.717) is 16.5 Å². The molecule has 0 spiro atoms. The lowest BCUT2D eigenvalue weighted by Crippen LogP contribution is -2.45. The fourth-order valence-corrected chi connectivity index (χ4v) is 1.81. The monoisotopic (exact) mass is 287 g/mol. The predicted octanol–water partition coefficient (Wildman–Crippen LogP) is 2.83. The average molecular weight is 288 g/mol. The van der Waals surface area contributed by atoms with Gasteiger partial charge in [0.2, 0.25) is 0 Å². The van der Waals surface area contributed by atoms with Gasteiger partial charge in [-0.25, -0.2) is 4.39 Å². The van der Waals surface area contributed by atoms with Crippen molar-refractivity contribution in [1.82, 2.24) is 0 Å². The van der Waals surface area contributed by atoms with Crippen molar-refractivity contribution >= 4 is 21.7 Å². The first-order valence-corrected chi connectivity index (χ1v) is 5.91. The number of halogens is 2. The predicted molar refractivity (Wildman–Crippen MR) is 65.7 cm³/mol. The molecule has 88 valence electrons. The van der Waals surface area contributed by atoms with E-state index in [1.165, 1.54) is 12.1 Å². The average Bonchev–Trinajstić information content (AvgIpc) is 2.15. The number of carbonyl (C=O) groups is 1. The first-order valence-electron chi connectivity index (χ1n) is 5.12. The summed E-state index contributed by atoms with van der Waals surface area (Å²) in [4.78, 5) is 11.8. The molecule has 0 aliphatic carbocycles. The van der Waals surface area contributed by atoms with Gasteiger partial charge in [-0.15, -0.1) is 0 Å². The van der Waals surface area contributed by atoms with E-state index in [0.717, 1.165) is 0 Å². The van der Waals surface area contributed by atoms with E-state index < -0.39 is 5.54 Å². The summed E-state index contributed by atoms with van der Waals surface area (Å²) in [6, 6.07) is 4.44. The Morgan fingerprint density at radius 3 is 2.62 bits per heavy atom. The van der Waals surface area contributed by atoms with Gasteiger partial charge in [0.25, 0.3) is 0 Å². The number of hydrogen-bond donors (Lipinski definition) is 1. The van der Waals surface area contributed by atoms with E-state index >= 15 is 0 Å². The summed E-state index contributed by atoms with van der Waals surface area (Å²) in [6.07, 6.45) is 0.736. The van der Waals surface area contributed by atoms with Gasteiger partial charge in [0.05, 0.1) is 5.54 Å². The highest BCUT2D eigenvalue weighted by atomic mass is 79.9. The number of hydrogen-bond acceptors (Lipinski definition) is 2. The third kappa shape index (κ3) is 3.39. The molecule has 0 saturated carbocycles. The van der Waals surface area contributed by atoms with Crippen LogP contribution in [0.5, 0.6) is 0 Å². The fourth-order valence-electron chi connectivity index (χ4n) is 1.30. The Morgan fingerprint density at radius 2 is 2.12 bits per heavy atom. The molecular formula is C12H15BrFNO. The number of carbonyl (C=O) groups excluding carboxylic acids is 1. The highest BCUT2D eigenvalue weighted by Crippen LogP contribution is 2.17.